The second-order valence-electron chi connectivity index (χ2n) is 3.33. The highest BCUT2D eigenvalue weighted by Crippen LogP contribution is 1.95. The molecule has 0 aromatic rings. The lowest BCUT2D eigenvalue weighted by Gasteiger charge is -2.08. The summed E-state index contributed by atoms with van der Waals surface area (Å²) in [6.07, 6.45) is 4.82. The van der Waals surface area contributed by atoms with Crippen LogP contribution in [0.2, 0.25) is 0 Å². The molecular weight excluding hydrogens is 166 g/mol. The zero-order valence-corrected chi connectivity index (χ0v) is 8.91. The van der Waals surface area contributed by atoms with Crippen molar-refractivity contribution in [3.8, 4) is 0 Å². The Morgan fingerprint density at radius 3 is 2.62 bits per heavy atom. The van der Waals surface area contributed by atoms with Gasteiger partial charge in [-0.15, -0.1) is 0 Å². The first-order chi connectivity index (χ1) is 6.02. The first-order valence-electron chi connectivity index (χ1n) is 4.51. The Bertz CT molecular complexity index is 176. The molecule has 1 unspecified atom stereocenters. The van der Waals surface area contributed by atoms with E-state index in [1.165, 1.54) is 6.92 Å². The fourth-order valence-corrected chi connectivity index (χ4v) is 0.922. The van der Waals surface area contributed by atoms with Crippen LogP contribution < -0.4 is 0 Å². The monoisotopic (exact) mass is 185 g/mol. The summed E-state index contributed by atoms with van der Waals surface area (Å²) in [6, 6.07) is 0. The Kier molecular flexibility index (Phi) is 6.24. The van der Waals surface area contributed by atoms with E-state index in [0.717, 1.165) is 13.0 Å². The van der Waals surface area contributed by atoms with Crippen molar-refractivity contribution in [2.45, 2.75) is 26.4 Å². The fourth-order valence-electron chi connectivity index (χ4n) is 0.922. The highest BCUT2D eigenvalue weighted by atomic mass is 16.5. The van der Waals surface area contributed by atoms with Gasteiger partial charge in [0, 0.05) is 13.5 Å². The number of hydrogen-bond acceptors (Lipinski definition) is 3. The molecule has 0 saturated heterocycles. The summed E-state index contributed by atoms with van der Waals surface area (Å²) >= 11 is 0. The van der Waals surface area contributed by atoms with Crippen LogP contribution in [0.1, 0.15) is 20.3 Å². The Morgan fingerprint density at radius 2 is 2.15 bits per heavy atom. The van der Waals surface area contributed by atoms with Crippen LogP contribution in [0, 0.1) is 0 Å². The van der Waals surface area contributed by atoms with Crippen LogP contribution in [0.25, 0.3) is 0 Å². The maximum absolute atomic E-state index is 10.5. The minimum absolute atomic E-state index is 0.111. The van der Waals surface area contributed by atoms with Gasteiger partial charge in [0.05, 0.1) is 0 Å². The van der Waals surface area contributed by atoms with Crippen LogP contribution in [-0.2, 0) is 9.53 Å². The number of ether oxygens (including phenoxy) is 1. The van der Waals surface area contributed by atoms with Crippen molar-refractivity contribution >= 4 is 5.97 Å². The molecule has 0 aromatic carbocycles. The predicted octanol–water partition coefficient (Wildman–Crippen LogP) is 1.45. The third kappa shape index (κ3) is 9.08. The normalized spacial score (nSPS) is 13.6. The number of rotatable bonds is 5. The molecule has 3 nitrogen and oxygen atoms in total. The molecule has 0 aromatic heterocycles. The molecule has 0 fully saturated rings. The van der Waals surface area contributed by atoms with Gasteiger partial charge in [-0.05, 0) is 33.5 Å². The summed E-state index contributed by atoms with van der Waals surface area (Å²) < 4.78 is 4.92. The highest BCUT2D eigenvalue weighted by Gasteiger charge is 1.98. The number of nitrogens with zero attached hydrogens (tertiary/aromatic N) is 1. The van der Waals surface area contributed by atoms with E-state index in [0.29, 0.717) is 0 Å². The van der Waals surface area contributed by atoms with Gasteiger partial charge in [-0.25, -0.2) is 0 Å². The van der Waals surface area contributed by atoms with Gasteiger partial charge in [0.25, 0.3) is 0 Å². The quantitative estimate of drug-likeness (QED) is 0.479. The molecule has 0 aliphatic rings. The van der Waals surface area contributed by atoms with Crippen LogP contribution in [0.5, 0.6) is 0 Å². The first-order valence-corrected chi connectivity index (χ1v) is 4.51. The van der Waals surface area contributed by atoms with Crippen LogP contribution >= 0.6 is 0 Å². The van der Waals surface area contributed by atoms with Gasteiger partial charge in [-0.1, -0.05) is 6.08 Å². The van der Waals surface area contributed by atoms with Crippen LogP contribution in [-0.4, -0.2) is 37.6 Å². The minimum Gasteiger partial charge on any atom is -0.459 e. The van der Waals surface area contributed by atoms with Gasteiger partial charge in [0.15, 0.2) is 0 Å². The second kappa shape index (κ2) is 6.66. The van der Waals surface area contributed by atoms with E-state index >= 15 is 0 Å². The van der Waals surface area contributed by atoms with E-state index in [9.17, 15) is 4.79 Å². The van der Waals surface area contributed by atoms with Crippen molar-refractivity contribution in [1.29, 1.82) is 0 Å². The molecule has 0 aliphatic heterocycles. The molecule has 0 amide bonds. The zero-order chi connectivity index (χ0) is 10.3. The minimum atomic E-state index is -0.232. The van der Waals surface area contributed by atoms with Crippen molar-refractivity contribution < 1.29 is 9.53 Å². The second-order valence-corrected chi connectivity index (χ2v) is 3.33. The van der Waals surface area contributed by atoms with Gasteiger partial charge in [0.2, 0.25) is 0 Å². The molecule has 0 saturated carbocycles. The van der Waals surface area contributed by atoms with E-state index in [1.54, 1.807) is 0 Å². The Labute approximate surface area is 80.4 Å². The maximum atomic E-state index is 10.5. The lowest BCUT2D eigenvalue weighted by atomic mass is 10.3. The lowest BCUT2D eigenvalue weighted by Crippen LogP contribution is -2.12. The predicted molar refractivity (Wildman–Crippen MR) is 53.5 cm³/mol. The summed E-state index contributed by atoms with van der Waals surface area (Å²) in [5, 5.41) is 0. The summed E-state index contributed by atoms with van der Waals surface area (Å²) in [4.78, 5) is 12.6. The smallest absolute Gasteiger partial charge is 0.303 e. The molecule has 3 heteroatoms. The average Bonchev–Trinajstić information content (AvgIpc) is 1.96. The Morgan fingerprint density at radius 1 is 1.54 bits per heavy atom. The standard InChI is InChI=1S/C10H19NO2/c1-9(13-10(2)12)7-5-6-8-11(3)4/h5,7,9H,6,8H2,1-4H3/b7-5+. The highest BCUT2D eigenvalue weighted by molar-refractivity contribution is 5.66. The first kappa shape index (κ1) is 12.2. The van der Waals surface area contributed by atoms with E-state index in [2.05, 4.69) is 4.90 Å². The molecule has 0 spiro atoms. The van der Waals surface area contributed by atoms with E-state index in [4.69, 9.17) is 4.74 Å². The fraction of sp³-hybridized carbons (Fsp3) is 0.700. The molecule has 76 valence electrons. The topological polar surface area (TPSA) is 29.5 Å². The number of carbonyl (C=O) groups excluding carboxylic acids is 1. The number of carbonyl (C=O) groups is 1. The molecule has 0 radical (unpaired) electrons. The molecule has 0 rings (SSSR count). The third-order valence-electron chi connectivity index (χ3n) is 1.50. The Balaban J connectivity index is 3.53. The number of hydrogen-bond donors (Lipinski definition) is 0. The van der Waals surface area contributed by atoms with Gasteiger partial charge in [0.1, 0.15) is 6.10 Å². The SMILES string of the molecule is CC(=O)OC(C)/C=C/CCN(C)C. The van der Waals surface area contributed by atoms with Crippen LogP contribution in [0.15, 0.2) is 12.2 Å². The summed E-state index contributed by atoms with van der Waals surface area (Å²) in [5.74, 6) is -0.232. The molecule has 0 heterocycles. The van der Waals surface area contributed by atoms with Gasteiger partial charge >= 0.3 is 5.97 Å². The molecule has 1 atom stereocenters. The molecule has 0 bridgehead atoms. The van der Waals surface area contributed by atoms with Crippen molar-refractivity contribution in [1.82, 2.24) is 4.90 Å². The Hall–Kier alpha value is -0.830. The van der Waals surface area contributed by atoms with E-state index < -0.39 is 0 Å². The zero-order valence-electron chi connectivity index (χ0n) is 8.91. The van der Waals surface area contributed by atoms with Crippen LogP contribution in [0.3, 0.4) is 0 Å². The molecule has 0 N–H and O–H groups in total. The van der Waals surface area contributed by atoms with Gasteiger partial charge in [-0.3, -0.25) is 4.79 Å². The van der Waals surface area contributed by atoms with Crippen molar-refractivity contribution in [3.05, 3.63) is 12.2 Å². The maximum Gasteiger partial charge on any atom is 0.303 e. The largest absolute Gasteiger partial charge is 0.459 e. The summed E-state index contributed by atoms with van der Waals surface area (Å²) in [7, 11) is 4.06. The lowest BCUT2D eigenvalue weighted by molar-refractivity contribution is -0.143. The van der Waals surface area contributed by atoms with Crippen molar-refractivity contribution in [3.63, 3.8) is 0 Å². The van der Waals surface area contributed by atoms with Crippen LogP contribution in [0.4, 0.5) is 0 Å². The molecular formula is C10H19NO2. The molecule has 13 heavy (non-hydrogen) atoms. The van der Waals surface area contributed by atoms with Gasteiger partial charge in [-0.2, -0.15) is 0 Å². The third-order valence-corrected chi connectivity index (χ3v) is 1.50. The average molecular weight is 185 g/mol. The molecule has 0 aliphatic carbocycles. The van der Waals surface area contributed by atoms with Crippen molar-refractivity contribution in [2.24, 2.45) is 0 Å². The van der Waals surface area contributed by atoms with E-state index in [1.807, 2.05) is 33.2 Å². The van der Waals surface area contributed by atoms with Crippen molar-refractivity contribution in [2.75, 3.05) is 20.6 Å². The van der Waals surface area contributed by atoms with Gasteiger partial charge < -0.3 is 9.64 Å². The summed E-state index contributed by atoms with van der Waals surface area (Å²) in [5.41, 5.74) is 0. The number of esters is 1. The summed E-state index contributed by atoms with van der Waals surface area (Å²) in [6.45, 7) is 4.29. The van der Waals surface area contributed by atoms with E-state index in [-0.39, 0.29) is 12.1 Å².